The molecule has 2 aromatic rings. The highest BCUT2D eigenvalue weighted by Gasteiger charge is 2.15. The van der Waals surface area contributed by atoms with Crippen LogP contribution in [-0.2, 0) is 4.79 Å². The SMILES string of the molecule is Cc1nn(-c2ccccc2)c(C)c1NC(=O)CC(C)N.Cl. The molecule has 0 aliphatic carbocycles. The third-order valence-corrected chi connectivity index (χ3v) is 3.06. The molecule has 1 amide bonds. The number of nitrogens with one attached hydrogen (secondary N) is 1. The number of carbonyl (C=O) groups is 1. The van der Waals surface area contributed by atoms with E-state index in [1.54, 1.807) is 0 Å². The fraction of sp³-hybridized carbons (Fsp3) is 0.333. The molecule has 1 aromatic heterocycles. The lowest BCUT2D eigenvalue weighted by atomic mass is 10.2. The van der Waals surface area contributed by atoms with Crippen LogP contribution >= 0.6 is 12.4 Å². The zero-order valence-corrected chi connectivity index (χ0v) is 13.3. The predicted molar refractivity (Wildman–Crippen MR) is 87.2 cm³/mol. The minimum Gasteiger partial charge on any atom is -0.327 e. The van der Waals surface area contributed by atoms with Gasteiger partial charge < -0.3 is 11.1 Å². The summed E-state index contributed by atoms with van der Waals surface area (Å²) in [6.07, 6.45) is 0.301. The van der Waals surface area contributed by atoms with E-state index in [4.69, 9.17) is 5.73 Å². The maximum absolute atomic E-state index is 11.8. The van der Waals surface area contributed by atoms with E-state index in [0.717, 1.165) is 22.8 Å². The Morgan fingerprint density at radius 2 is 1.95 bits per heavy atom. The first-order valence-corrected chi connectivity index (χ1v) is 6.66. The van der Waals surface area contributed by atoms with Crippen LogP contribution in [0.15, 0.2) is 30.3 Å². The van der Waals surface area contributed by atoms with E-state index in [1.807, 2.05) is 55.8 Å². The van der Waals surface area contributed by atoms with E-state index >= 15 is 0 Å². The molecule has 1 aromatic carbocycles. The quantitative estimate of drug-likeness (QED) is 0.912. The lowest BCUT2D eigenvalue weighted by Crippen LogP contribution is -2.24. The smallest absolute Gasteiger partial charge is 0.226 e. The summed E-state index contributed by atoms with van der Waals surface area (Å²) in [6, 6.07) is 9.68. The molecule has 0 spiro atoms. The van der Waals surface area contributed by atoms with Crippen LogP contribution in [0.3, 0.4) is 0 Å². The number of hydrogen-bond acceptors (Lipinski definition) is 3. The number of benzene rings is 1. The average molecular weight is 309 g/mol. The molecule has 1 atom stereocenters. The Morgan fingerprint density at radius 1 is 1.33 bits per heavy atom. The number of nitrogens with zero attached hydrogens (tertiary/aromatic N) is 2. The Hall–Kier alpha value is -1.85. The Balaban J connectivity index is 0.00000220. The Labute approximate surface area is 130 Å². The Kier molecular flexibility index (Phi) is 5.93. The number of aryl methyl sites for hydroxylation is 1. The molecular weight excluding hydrogens is 288 g/mol. The van der Waals surface area contributed by atoms with Gasteiger partial charge in [0.1, 0.15) is 0 Å². The summed E-state index contributed by atoms with van der Waals surface area (Å²) < 4.78 is 1.83. The maximum Gasteiger partial charge on any atom is 0.226 e. The van der Waals surface area contributed by atoms with Crippen LogP contribution < -0.4 is 11.1 Å². The molecule has 0 saturated heterocycles. The zero-order valence-electron chi connectivity index (χ0n) is 12.5. The van der Waals surface area contributed by atoms with Crippen LogP contribution in [0, 0.1) is 13.8 Å². The first kappa shape index (κ1) is 17.2. The molecule has 0 aliphatic heterocycles. The molecule has 1 unspecified atom stereocenters. The molecule has 6 heteroatoms. The van der Waals surface area contributed by atoms with Crippen LogP contribution in [0.5, 0.6) is 0 Å². The summed E-state index contributed by atoms with van der Waals surface area (Å²) in [5.41, 5.74) is 9.08. The monoisotopic (exact) mass is 308 g/mol. The number of para-hydroxylation sites is 1. The molecule has 0 radical (unpaired) electrons. The van der Waals surface area contributed by atoms with Gasteiger partial charge in [0, 0.05) is 12.5 Å². The van der Waals surface area contributed by atoms with Crippen molar-refractivity contribution in [1.82, 2.24) is 9.78 Å². The van der Waals surface area contributed by atoms with E-state index in [1.165, 1.54) is 0 Å². The van der Waals surface area contributed by atoms with E-state index in [9.17, 15) is 4.79 Å². The fourth-order valence-electron chi connectivity index (χ4n) is 2.13. The summed E-state index contributed by atoms with van der Waals surface area (Å²) >= 11 is 0. The molecule has 0 fully saturated rings. The molecule has 0 saturated carbocycles. The van der Waals surface area contributed by atoms with Crippen LogP contribution in [0.1, 0.15) is 24.7 Å². The number of aromatic nitrogens is 2. The van der Waals surface area contributed by atoms with Crippen LogP contribution in [0.25, 0.3) is 5.69 Å². The summed E-state index contributed by atoms with van der Waals surface area (Å²) in [7, 11) is 0. The van der Waals surface area contributed by atoms with Crippen molar-refractivity contribution in [1.29, 1.82) is 0 Å². The lowest BCUT2D eigenvalue weighted by Gasteiger charge is -2.08. The number of anilines is 1. The first-order valence-electron chi connectivity index (χ1n) is 6.66. The van der Waals surface area contributed by atoms with E-state index in [2.05, 4.69) is 10.4 Å². The number of halogens is 1. The Morgan fingerprint density at radius 3 is 2.52 bits per heavy atom. The van der Waals surface area contributed by atoms with Crippen molar-refractivity contribution in [2.45, 2.75) is 33.2 Å². The van der Waals surface area contributed by atoms with E-state index in [0.29, 0.717) is 6.42 Å². The highest BCUT2D eigenvalue weighted by molar-refractivity contribution is 5.92. The van der Waals surface area contributed by atoms with Crippen LogP contribution in [0.4, 0.5) is 5.69 Å². The summed E-state index contributed by atoms with van der Waals surface area (Å²) in [4.78, 5) is 11.8. The first-order chi connectivity index (χ1) is 9.49. The Bertz CT molecular complexity index is 608. The normalized spacial score (nSPS) is 11.6. The molecule has 2 rings (SSSR count). The molecular formula is C15H21ClN4O. The summed E-state index contributed by atoms with van der Waals surface area (Å²) in [5, 5.41) is 7.38. The molecule has 5 nitrogen and oxygen atoms in total. The predicted octanol–water partition coefficient (Wildman–Crippen LogP) is 2.59. The average Bonchev–Trinajstić information content (AvgIpc) is 2.67. The van der Waals surface area contributed by atoms with Crippen molar-refractivity contribution in [2.24, 2.45) is 5.73 Å². The van der Waals surface area contributed by atoms with Gasteiger partial charge in [-0.2, -0.15) is 5.10 Å². The van der Waals surface area contributed by atoms with Crippen molar-refractivity contribution >= 4 is 24.0 Å². The molecule has 21 heavy (non-hydrogen) atoms. The van der Waals surface area contributed by atoms with Gasteiger partial charge in [-0.05, 0) is 32.9 Å². The van der Waals surface area contributed by atoms with Gasteiger partial charge in [-0.1, -0.05) is 18.2 Å². The highest BCUT2D eigenvalue weighted by atomic mass is 35.5. The second-order valence-corrected chi connectivity index (χ2v) is 5.02. The number of hydrogen-bond donors (Lipinski definition) is 2. The molecule has 3 N–H and O–H groups in total. The standard InChI is InChI=1S/C15H20N4O.ClH/c1-10(16)9-14(20)17-15-11(2)18-19(12(15)3)13-7-5-4-6-8-13;/h4-8,10H,9,16H2,1-3H3,(H,17,20);1H. The second-order valence-electron chi connectivity index (χ2n) is 5.02. The zero-order chi connectivity index (χ0) is 14.7. The largest absolute Gasteiger partial charge is 0.327 e. The molecule has 1 heterocycles. The number of rotatable bonds is 4. The van der Waals surface area contributed by atoms with Gasteiger partial charge in [0.25, 0.3) is 0 Å². The minimum absolute atomic E-state index is 0. The van der Waals surface area contributed by atoms with Gasteiger partial charge in [-0.3, -0.25) is 4.79 Å². The van der Waals surface area contributed by atoms with Gasteiger partial charge >= 0.3 is 0 Å². The second kappa shape index (κ2) is 7.24. The van der Waals surface area contributed by atoms with Gasteiger partial charge in [-0.25, -0.2) is 4.68 Å². The highest BCUT2D eigenvalue weighted by Crippen LogP contribution is 2.22. The molecule has 114 valence electrons. The van der Waals surface area contributed by atoms with E-state index in [-0.39, 0.29) is 24.4 Å². The fourth-order valence-corrected chi connectivity index (χ4v) is 2.13. The van der Waals surface area contributed by atoms with Gasteiger partial charge in [-0.15, -0.1) is 12.4 Å². The van der Waals surface area contributed by atoms with Crippen molar-refractivity contribution in [2.75, 3.05) is 5.32 Å². The van der Waals surface area contributed by atoms with Gasteiger partial charge in [0.15, 0.2) is 0 Å². The van der Waals surface area contributed by atoms with Crippen LogP contribution in [-0.4, -0.2) is 21.7 Å². The molecule has 0 aliphatic rings. The van der Waals surface area contributed by atoms with Crippen molar-refractivity contribution in [3.05, 3.63) is 41.7 Å². The maximum atomic E-state index is 11.8. The van der Waals surface area contributed by atoms with Crippen molar-refractivity contribution in [3.8, 4) is 5.69 Å². The summed E-state index contributed by atoms with van der Waals surface area (Å²) in [6.45, 7) is 5.63. The lowest BCUT2D eigenvalue weighted by molar-refractivity contribution is -0.116. The van der Waals surface area contributed by atoms with Gasteiger partial charge in [0.2, 0.25) is 5.91 Å². The number of amides is 1. The van der Waals surface area contributed by atoms with Crippen molar-refractivity contribution in [3.63, 3.8) is 0 Å². The molecule has 0 bridgehead atoms. The number of nitrogens with two attached hydrogens (primary N) is 1. The third kappa shape index (κ3) is 4.06. The number of carbonyl (C=O) groups excluding carboxylic acids is 1. The van der Waals surface area contributed by atoms with Gasteiger partial charge in [0.05, 0.1) is 22.8 Å². The third-order valence-electron chi connectivity index (χ3n) is 3.06. The topological polar surface area (TPSA) is 72.9 Å². The van der Waals surface area contributed by atoms with E-state index < -0.39 is 0 Å². The summed E-state index contributed by atoms with van der Waals surface area (Å²) in [5.74, 6) is -0.0844. The van der Waals surface area contributed by atoms with Crippen LogP contribution in [0.2, 0.25) is 0 Å². The van der Waals surface area contributed by atoms with Crippen molar-refractivity contribution < 1.29 is 4.79 Å². The minimum atomic E-state index is -0.153.